The minimum absolute atomic E-state index is 0.0178. The molecule has 1 heterocycles. The maximum absolute atomic E-state index is 12.3. The van der Waals surface area contributed by atoms with Gasteiger partial charge in [-0.1, -0.05) is 30.3 Å². The van der Waals surface area contributed by atoms with Crippen LogP contribution in [0.4, 0.5) is 5.69 Å². The third-order valence-electron chi connectivity index (χ3n) is 5.47. The van der Waals surface area contributed by atoms with Crippen molar-refractivity contribution in [3.63, 3.8) is 0 Å². The number of nitrogens with zero attached hydrogens (tertiary/aromatic N) is 1. The van der Waals surface area contributed by atoms with Crippen molar-refractivity contribution in [2.45, 2.75) is 26.7 Å². The van der Waals surface area contributed by atoms with Crippen LogP contribution >= 0.6 is 0 Å². The SMILES string of the molecule is Cc1ccc(C)c(NC(=O)C(=O)NCC2CCN(C(=O)COc3ccccc3)CC2)c1. The van der Waals surface area contributed by atoms with E-state index in [2.05, 4.69) is 10.6 Å². The summed E-state index contributed by atoms with van der Waals surface area (Å²) in [6, 6.07) is 15.0. The number of amides is 3. The number of ether oxygens (including phenoxy) is 1. The number of nitrogens with one attached hydrogen (secondary N) is 2. The van der Waals surface area contributed by atoms with Crippen LogP contribution in [0.25, 0.3) is 0 Å². The van der Waals surface area contributed by atoms with Gasteiger partial charge < -0.3 is 20.3 Å². The lowest BCUT2D eigenvalue weighted by Crippen LogP contribution is -2.44. The maximum atomic E-state index is 12.3. The second-order valence-electron chi connectivity index (χ2n) is 7.91. The van der Waals surface area contributed by atoms with Gasteiger partial charge in [0.25, 0.3) is 5.91 Å². The van der Waals surface area contributed by atoms with Crippen molar-refractivity contribution in [1.82, 2.24) is 10.2 Å². The molecule has 0 bridgehead atoms. The van der Waals surface area contributed by atoms with Crippen molar-refractivity contribution >= 4 is 23.4 Å². The number of likely N-dealkylation sites (tertiary alicyclic amines) is 1. The van der Waals surface area contributed by atoms with Crippen molar-refractivity contribution in [2.75, 3.05) is 31.6 Å². The second-order valence-corrected chi connectivity index (χ2v) is 7.91. The molecule has 1 aliphatic rings. The van der Waals surface area contributed by atoms with Crippen LogP contribution in [-0.4, -0.2) is 48.9 Å². The van der Waals surface area contributed by atoms with Crippen LogP contribution in [-0.2, 0) is 14.4 Å². The highest BCUT2D eigenvalue weighted by atomic mass is 16.5. The number of piperidine rings is 1. The topological polar surface area (TPSA) is 87.7 Å². The molecule has 3 amide bonds. The average molecular weight is 424 g/mol. The first kappa shape index (κ1) is 22.3. The molecule has 7 heteroatoms. The van der Waals surface area contributed by atoms with Gasteiger partial charge in [-0.25, -0.2) is 0 Å². The quantitative estimate of drug-likeness (QED) is 0.700. The monoisotopic (exact) mass is 423 g/mol. The Kier molecular flexibility index (Phi) is 7.65. The van der Waals surface area contributed by atoms with Crippen LogP contribution in [0.3, 0.4) is 0 Å². The fraction of sp³-hybridized carbons (Fsp3) is 0.375. The predicted octanol–water partition coefficient (Wildman–Crippen LogP) is 2.68. The fourth-order valence-electron chi connectivity index (χ4n) is 3.51. The summed E-state index contributed by atoms with van der Waals surface area (Å²) in [4.78, 5) is 38.5. The molecule has 7 nitrogen and oxygen atoms in total. The summed E-state index contributed by atoms with van der Waals surface area (Å²) < 4.78 is 5.53. The smallest absolute Gasteiger partial charge is 0.313 e. The lowest BCUT2D eigenvalue weighted by Gasteiger charge is -2.32. The van der Waals surface area contributed by atoms with Gasteiger partial charge in [0.1, 0.15) is 5.75 Å². The van der Waals surface area contributed by atoms with Crippen molar-refractivity contribution in [2.24, 2.45) is 5.92 Å². The zero-order valence-corrected chi connectivity index (χ0v) is 18.0. The summed E-state index contributed by atoms with van der Waals surface area (Å²) >= 11 is 0. The van der Waals surface area contributed by atoms with E-state index in [4.69, 9.17) is 4.74 Å². The summed E-state index contributed by atoms with van der Waals surface area (Å²) in [7, 11) is 0. The Labute approximate surface area is 182 Å². The summed E-state index contributed by atoms with van der Waals surface area (Å²) in [5.41, 5.74) is 2.56. The van der Waals surface area contributed by atoms with E-state index >= 15 is 0 Å². The van der Waals surface area contributed by atoms with E-state index in [1.807, 2.05) is 62.4 Å². The van der Waals surface area contributed by atoms with E-state index < -0.39 is 11.8 Å². The first-order valence-corrected chi connectivity index (χ1v) is 10.5. The van der Waals surface area contributed by atoms with E-state index in [-0.39, 0.29) is 18.4 Å². The van der Waals surface area contributed by atoms with Gasteiger partial charge in [0.2, 0.25) is 0 Å². The minimum atomic E-state index is -0.667. The number of carbonyl (C=O) groups excluding carboxylic acids is 3. The van der Waals surface area contributed by atoms with Gasteiger partial charge in [-0.15, -0.1) is 0 Å². The molecule has 2 N–H and O–H groups in total. The van der Waals surface area contributed by atoms with Crippen LogP contribution in [0.2, 0.25) is 0 Å². The van der Waals surface area contributed by atoms with Gasteiger partial charge in [-0.2, -0.15) is 0 Å². The molecule has 31 heavy (non-hydrogen) atoms. The number of hydrogen-bond donors (Lipinski definition) is 2. The van der Waals surface area contributed by atoms with Gasteiger partial charge in [0.05, 0.1) is 0 Å². The van der Waals surface area contributed by atoms with Gasteiger partial charge in [-0.3, -0.25) is 14.4 Å². The van der Waals surface area contributed by atoms with Crippen LogP contribution in [0, 0.1) is 19.8 Å². The normalized spacial score (nSPS) is 14.1. The summed E-state index contributed by atoms with van der Waals surface area (Å²) in [6.45, 7) is 5.48. The van der Waals surface area contributed by atoms with Gasteiger partial charge in [0, 0.05) is 25.3 Å². The van der Waals surface area contributed by atoms with E-state index in [1.54, 1.807) is 4.90 Å². The second kappa shape index (κ2) is 10.6. The third kappa shape index (κ3) is 6.57. The Bertz CT molecular complexity index is 922. The molecule has 0 unspecified atom stereocenters. The van der Waals surface area contributed by atoms with Crippen molar-refractivity contribution in [3.8, 4) is 5.75 Å². The molecule has 0 radical (unpaired) electrons. The van der Waals surface area contributed by atoms with Gasteiger partial charge >= 0.3 is 11.8 Å². The Morgan fingerprint density at radius 2 is 1.71 bits per heavy atom. The lowest BCUT2D eigenvalue weighted by molar-refractivity contribution is -0.136. The molecule has 3 rings (SSSR count). The summed E-state index contributed by atoms with van der Waals surface area (Å²) in [5.74, 6) is -0.446. The lowest BCUT2D eigenvalue weighted by atomic mass is 9.96. The molecule has 0 aromatic heterocycles. The summed E-state index contributed by atoms with van der Waals surface area (Å²) in [5, 5.41) is 5.39. The zero-order valence-electron chi connectivity index (χ0n) is 18.0. The van der Waals surface area contributed by atoms with E-state index in [0.717, 1.165) is 24.0 Å². The summed E-state index contributed by atoms with van der Waals surface area (Å²) in [6.07, 6.45) is 1.55. The third-order valence-corrected chi connectivity index (χ3v) is 5.47. The Morgan fingerprint density at radius 3 is 2.42 bits per heavy atom. The molecule has 0 atom stereocenters. The molecule has 2 aromatic rings. The van der Waals surface area contributed by atoms with E-state index in [0.29, 0.717) is 31.1 Å². The number of anilines is 1. The van der Waals surface area contributed by atoms with Crippen LogP contribution in [0.15, 0.2) is 48.5 Å². The molecule has 1 saturated heterocycles. The molecule has 1 aliphatic heterocycles. The molecule has 1 fully saturated rings. The number of benzene rings is 2. The Balaban J connectivity index is 1.37. The number of hydrogen-bond acceptors (Lipinski definition) is 4. The van der Waals surface area contributed by atoms with Crippen molar-refractivity contribution in [1.29, 1.82) is 0 Å². The highest BCUT2D eigenvalue weighted by molar-refractivity contribution is 6.39. The zero-order chi connectivity index (χ0) is 22.2. The number of rotatable bonds is 6. The largest absolute Gasteiger partial charge is 0.484 e. The molecular formula is C24H29N3O4. The van der Waals surface area contributed by atoms with Gasteiger partial charge in [0.15, 0.2) is 6.61 Å². The molecule has 164 valence electrons. The highest BCUT2D eigenvalue weighted by Crippen LogP contribution is 2.18. The Hall–Kier alpha value is -3.35. The predicted molar refractivity (Wildman–Crippen MR) is 119 cm³/mol. The standard InChI is InChI=1S/C24H29N3O4/c1-17-8-9-18(2)21(14-17)26-24(30)23(29)25-15-19-10-12-27(13-11-19)22(28)16-31-20-6-4-3-5-7-20/h3-9,14,19H,10-13,15-16H2,1-2H3,(H,25,29)(H,26,30). The fourth-order valence-corrected chi connectivity index (χ4v) is 3.51. The highest BCUT2D eigenvalue weighted by Gasteiger charge is 2.24. The van der Waals surface area contributed by atoms with Gasteiger partial charge in [-0.05, 0) is 61.9 Å². The van der Waals surface area contributed by atoms with Crippen LogP contribution < -0.4 is 15.4 Å². The molecule has 0 aliphatic carbocycles. The molecule has 0 spiro atoms. The van der Waals surface area contributed by atoms with Crippen LogP contribution in [0.5, 0.6) is 5.75 Å². The first-order valence-electron chi connectivity index (χ1n) is 10.5. The minimum Gasteiger partial charge on any atom is -0.484 e. The van der Waals surface area contributed by atoms with Crippen molar-refractivity contribution in [3.05, 3.63) is 59.7 Å². The van der Waals surface area contributed by atoms with E-state index in [1.165, 1.54) is 0 Å². The molecule has 2 aromatic carbocycles. The number of aryl methyl sites for hydroxylation is 2. The molecular weight excluding hydrogens is 394 g/mol. The van der Waals surface area contributed by atoms with Crippen molar-refractivity contribution < 1.29 is 19.1 Å². The first-order chi connectivity index (χ1) is 14.9. The van der Waals surface area contributed by atoms with E-state index in [9.17, 15) is 14.4 Å². The Morgan fingerprint density at radius 1 is 1.00 bits per heavy atom. The maximum Gasteiger partial charge on any atom is 0.313 e. The number of carbonyl (C=O) groups is 3. The molecule has 0 saturated carbocycles. The van der Waals surface area contributed by atoms with Crippen LogP contribution in [0.1, 0.15) is 24.0 Å². The average Bonchev–Trinajstić information content (AvgIpc) is 2.79. The number of para-hydroxylation sites is 1.